The zero-order chi connectivity index (χ0) is 19.3. The zero-order valence-electron chi connectivity index (χ0n) is 14.0. The first-order valence-corrected chi connectivity index (χ1v) is 11.2. The number of sulfonamides is 1. The first kappa shape index (κ1) is 19.5. The maximum Gasteiger partial charge on any atom is 0.238 e. The number of hydrogen-bond acceptors (Lipinski definition) is 7. The molecule has 0 aliphatic carbocycles. The molecule has 0 bridgehead atoms. The molecule has 0 atom stereocenters. The fraction of sp³-hybridized carbons (Fsp3) is 0.118. The minimum absolute atomic E-state index is 0.0101. The van der Waals surface area contributed by atoms with Gasteiger partial charge in [-0.05, 0) is 23.3 Å². The number of primary sulfonamides is 1. The van der Waals surface area contributed by atoms with Crippen LogP contribution in [0.4, 0.5) is 5.13 Å². The number of thioether (sulfide) groups is 1. The van der Waals surface area contributed by atoms with Gasteiger partial charge >= 0.3 is 0 Å². The first-order chi connectivity index (χ1) is 12.9. The van der Waals surface area contributed by atoms with E-state index in [9.17, 15) is 13.2 Å². The van der Waals surface area contributed by atoms with E-state index in [0.29, 0.717) is 10.7 Å². The van der Waals surface area contributed by atoms with Crippen molar-refractivity contribution in [3.63, 3.8) is 0 Å². The summed E-state index contributed by atoms with van der Waals surface area (Å²) in [7, 11) is -3.74. The average molecular weight is 421 g/mol. The van der Waals surface area contributed by atoms with Crippen molar-refractivity contribution < 1.29 is 13.2 Å². The Balaban J connectivity index is 1.53. The molecular weight excluding hydrogens is 404 g/mol. The van der Waals surface area contributed by atoms with E-state index in [4.69, 9.17) is 5.14 Å². The molecule has 0 fully saturated rings. The summed E-state index contributed by atoms with van der Waals surface area (Å²) in [4.78, 5) is 12.1. The largest absolute Gasteiger partial charge is 0.300 e. The van der Waals surface area contributed by atoms with Crippen molar-refractivity contribution in [1.82, 2.24) is 10.2 Å². The number of anilines is 1. The van der Waals surface area contributed by atoms with Crippen LogP contribution in [0.2, 0.25) is 0 Å². The molecule has 7 nitrogen and oxygen atoms in total. The Morgan fingerprint density at radius 1 is 1.04 bits per heavy atom. The maximum absolute atomic E-state index is 12.1. The second-order valence-corrected chi connectivity index (χ2v) is 9.32. The molecule has 2 aromatic carbocycles. The highest BCUT2D eigenvalue weighted by Crippen LogP contribution is 2.28. The average Bonchev–Trinajstić information content (AvgIpc) is 3.08. The van der Waals surface area contributed by atoms with E-state index >= 15 is 0 Å². The molecule has 0 unspecified atom stereocenters. The van der Waals surface area contributed by atoms with E-state index in [2.05, 4.69) is 15.5 Å². The van der Waals surface area contributed by atoms with Crippen molar-refractivity contribution >= 4 is 44.2 Å². The van der Waals surface area contributed by atoms with E-state index in [0.717, 1.165) is 10.1 Å². The number of nitrogens with zero attached hydrogens (tertiary/aromatic N) is 2. The summed E-state index contributed by atoms with van der Waals surface area (Å²) in [5, 5.41) is 16.2. The van der Waals surface area contributed by atoms with Gasteiger partial charge in [-0.1, -0.05) is 65.6 Å². The number of carbonyl (C=O) groups excluding carboxylic acids is 1. The Morgan fingerprint density at radius 2 is 1.74 bits per heavy atom. The summed E-state index contributed by atoms with van der Waals surface area (Å²) in [5.74, 6) is 0.522. The van der Waals surface area contributed by atoms with Gasteiger partial charge < -0.3 is 5.32 Å². The summed E-state index contributed by atoms with van der Waals surface area (Å²) in [5.41, 5.74) is 1.86. The number of hydrogen-bond donors (Lipinski definition) is 2. The molecule has 0 saturated carbocycles. The second-order valence-electron chi connectivity index (χ2n) is 5.56. The number of nitrogens with two attached hydrogens (primary N) is 1. The molecule has 3 rings (SSSR count). The van der Waals surface area contributed by atoms with Crippen molar-refractivity contribution in [2.75, 3.05) is 5.32 Å². The topological polar surface area (TPSA) is 115 Å². The normalized spacial score (nSPS) is 11.3. The lowest BCUT2D eigenvalue weighted by Gasteiger charge is -2.03. The number of benzene rings is 2. The number of carbonyl (C=O) groups is 1. The highest BCUT2D eigenvalue weighted by molar-refractivity contribution is 8.00. The van der Waals surface area contributed by atoms with Crippen LogP contribution in [0.25, 0.3) is 0 Å². The number of nitrogens with one attached hydrogen (secondary N) is 1. The standard InChI is InChI=1S/C17H16N4O3S3/c18-27(23,24)14-8-6-12(7-9-14)10-15(22)19-16-20-21-17(26-16)25-11-13-4-2-1-3-5-13/h1-9H,10-11H2,(H2,18,23,24)(H,19,20,22). The first-order valence-electron chi connectivity index (χ1n) is 7.82. The molecule has 0 spiro atoms. The molecule has 0 saturated heterocycles. The quantitative estimate of drug-likeness (QED) is 0.448. The van der Waals surface area contributed by atoms with Crippen molar-refractivity contribution in [1.29, 1.82) is 0 Å². The zero-order valence-corrected chi connectivity index (χ0v) is 16.5. The Morgan fingerprint density at radius 3 is 2.41 bits per heavy atom. The highest BCUT2D eigenvalue weighted by Gasteiger charge is 2.11. The third kappa shape index (κ3) is 5.86. The van der Waals surface area contributed by atoms with Gasteiger partial charge in [0.2, 0.25) is 21.1 Å². The highest BCUT2D eigenvalue weighted by atomic mass is 32.2. The Bertz CT molecular complexity index is 1020. The minimum atomic E-state index is -3.74. The predicted molar refractivity (Wildman–Crippen MR) is 106 cm³/mol. The fourth-order valence-electron chi connectivity index (χ4n) is 2.18. The van der Waals surface area contributed by atoms with Crippen LogP contribution in [0, 0.1) is 0 Å². The van der Waals surface area contributed by atoms with E-state index < -0.39 is 10.0 Å². The van der Waals surface area contributed by atoms with Gasteiger partial charge in [0.05, 0.1) is 11.3 Å². The second kappa shape index (κ2) is 8.61. The van der Waals surface area contributed by atoms with Gasteiger partial charge in [-0.2, -0.15) is 0 Å². The van der Waals surface area contributed by atoms with E-state index in [1.165, 1.54) is 29.0 Å². The fourth-order valence-corrected chi connectivity index (χ4v) is 4.42. The van der Waals surface area contributed by atoms with E-state index in [1.54, 1.807) is 23.9 Å². The molecular formula is C17H16N4O3S3. The van der Waals surface area contributed by atoms with Gasteiger partial charge in [-0.3, -0.25) is 4.79 Å². The molecule has 10 heteroatoms. The van der Waals surface area contributed by atoms with Crippen LogP contribution in [0.5, 0.6) is 0 Å². The predicted octanol–water partition coefficient (Wildman–Crippen LogP) is 2.66. The van der Waals surface area contributed by atoms with Crippen LogP contribution in [0.15, 0.2) is 63.8 Å². The lowest BCUT2D eigenvalue weighted by Crippen LogP contribution is -2.15. The summed E-state index contributed by atoms with van der Waals surface area (Å²) in [6.45, 7) is 0. The molecule has 140 valence electrons. The van der Waals surface area contributed by atoms with Crippen molar-refractivity contribution in [2.24, 2.45) is 5.14 Å². The number of amides is 1. The lowest BCUT2D eigenvalue weighted by molar-refractivity contribution is -0.115. The summed E-state index contributed by atoms with van der Waals surface area (Å²) in [6.07, 6.45) is 0.0942. The van der Waals surface area contributed by atoms with Crippen molar-refractivity contribution in [3.05, 3.63) is 65.7 Å². The maximum atomic E-state index is 12.1. The van der Waals surface area contributed by atoms with Gasteiger partial charge in [0.15, 0.2) is 4.34 Å². The molecule has 3 N–H and O–H groups in total. The van der Waals surface area contributed by atoms with Gasteiger partial charge in [0, 0.05) is 5.75 Å². The van der Waals surface area contributed by atoms with Crippen LogP contribution in [-0.2, 0) is 27.0 Å². The third-order valence-corrected chi connectivity index (χ3v) is 6.45. The van der Waals surface area contributed by atoms with Crippen LogP contribution < -0.4 is 10.5 Å². The van der Waals surface area contributed by atoms with E-state index in [-0.39, 0.29) is 17.2 Å². The monoisotopic (exact) mass is 420 g/mol. The lowest BCUT2D eigenvalue weighted by atomic mass is 10.1. The Kier molecular flexibility index (Phi) is 6.22. The van der Waals surface area contributed by atoms with Crippen molar-refractivity contribution in [3.8, 4) is 0 Å². The number of aromatic nitrogens is 2. The van der Waals surface area contributed by atoms with Crippen LogP contribution >= 0.6 is 23.1 Å². The third-order valence-electron chi connectivity index (χ3n) is 3.47. The number of rotatable bonds is 7. The SMILES string of the molecule is NS(=O)(=O)c1ccc(CC(=O)Nc2nnc(SCc3ccccc3)s2)cc1. The molecule has 27 heavy (non-hydrogen) atoms. The summed E-state index contributed by atoms with van der Waals surface area (Å²) < 4.78 is 23.2. The molecule has 1 aromatic heterocycles. The Hall–Kier alpha value is -2.27. The summed E-state index contributed by atoms with van der Waals surface area (Å²) in [6, 6.07) is 15.9. The Labute approximate surface area is 165 Å². The van der Waals surface area contributed by atoms with Crippen LogP contribution in [0.3, 0.4) is 0 Å². The van der Waals surface area contributed by atoms with Crippen LogP contribution in [-0.4, -0.2) is 24.5 Å². The molecule has 0 radical (unpaired) electrons. The van der Waals surface area contributed by atoms with Gasteiger partial charge in [0.1, 0.15) is 0 Å². The van der Waals surface area contributed by atoms with Crippen LogP contribution in [0.1, 0.15) is 11.1 Å². The van der Waals surface area contributed by atoms with Crippen molar-refractivity contribution in [2.45, 2.75) is 21.4 Å². The summed E-state index contributed by atoms with van der Waals surface area (Å²) >= 11 is 2.86. The van der Waals surface area contributed by atoms with Gasteiger partial charge in [-0.25, -0.2) is 13.6 Å². The molecule has 3 aromatic rings. The minimum Gasteiger partial charge on any atom is -0.300 e. The molecule has 1 amide bonds. The van der Waals surface area contributed by atoms with Gasteiger partial charge in [-0.15, -0.1) is 10.2 Å². The molecule has 0 aliphatic rings. The smallest absolute Gasteiger partial charge is 0.238 e. The molecule has 1 heterocycles. The van der Waals surface area contributed by atoms with E-state index in [1.807, 2.05) is 30.3 Å². The van der Waals surface area contributed by atoms with Gasteiger partial charge in [0.25, 0.3) is 0 Å². The molecule has 0 aliphatic heterocycles.